The fraction of sp³-hybridized carbons (Fsp3) is 0.0476. The highest BCUT2D eigenvalue weighted by Gasteiger charge is 2.23. The van der Waals surface area contributed by atoms with Crippen LogP contribution in [0.25, 0.3) is 11.1 Å². The van der Waals surface area contributed by atoms with Crippen molar-refractivity contribution in [3.05, 3.63) is 94.4 Å². The van der Waals surface area contributed by atoms with E-state index in [0.29, 0.717) is 18.0 Å². The van der Waals surface area contributed by atoms with E-state index in [-0.39, 0.29) is 5.75 Å². The van der Waals surface area contributed by atoms with Crippen LogP contribution < -0.4 is 4.74 Å². The highest BCUT2D eigenvalue weighted by atomic mass is 16.5. The summed E-state index contributed by atoms with van der Waals surface area (Å²) in [6.45, 7) is 0.379. The smallest absolute Gasteiger partial charge is 0.129 e. The predicted molar refractivity (Wildman–Crippen MR) is 97.9 cm³/mol. The fourth-order valence-corrected chi connectivity index (χ4v) is 3.10. The molecule has 0 radical (unpaired) electrons. The number of hydrogen-bond acceptors (Lipinski definition) is 4. The number of rotatable bonds is 3. The molecule has 0 amide bonds. The van der Waals surface area contributed by atoms with Gasteiger partial charge in [-0.05, 0) is 46.1 Å². The van der Waals surface area contributed by atoms with Crippen LogP contribution in [0.1, 0.15) is 16.7 Å². The van der Waals surface area contributed by atoms with Gasteiger partial charge in [0.1, 0.15) is 23.8 Å². The zero-order valence-electron chi connectivity index (χ0n) is 13.3. The summed E-state index contributed by atoms with van der Waals surface area (Å²) in [5.74, 6) is 0.878. The molecule has 4 nitrogen and oxygen atoms in total. The van der Waals surface area contributed by atoms with E-state index in [1.165, 1.54) is 0 Å². The number of fused-ring (bicyclic) bond motifs is 1. The first-order valence-electron chi connectivity index (χ1n) is 7.95. The molecule has 0 fully saturated rings. The molecule has 3 aromatic rings. The summed E-state index contributed by atoms with van der Waals surface area (Å²) in [4.78, 5) is 10.8. The molecule has 0 saturated heterocycles. The molecule has 1 aliphatic heterocycles. The Kier molecular flexibility index (Phi) is 3.78. The molecule has 0 aromatic heterocycles. The zero-order chi connectivity index (χ0) is 17.2. The summed E-state index contributed by atoms with van der Waals surface area (Å²) in [7, 11) is 0. The topological polar surface area (TPSA) is 58.9 Å². The number of aromatic hydroxyl groups is 1. The Labute approximate surface area is 145 Å². The van der Waals surface area contributed by atoms with Gasteiger partial charge in [-0.2, -0.15) is 0 Å². The van der Waals surface area contributed by atoms with Crippen LogP contribution in [0.5, 0.6) is 11.5 Å². The lowest BCUT2D eigenvalue weighted by Gasteiger charge is -2.25. The van der Waals surface area contributed by atoms with Gasteiger partial charge in [0.15, 0.2) is 0 Å². The summed E-state index contributed by atoms with van der Waals surface area (Å²) < 4.78 is 5.90. The molecule has 0 saturated carbocycles. The average Bonchev–Trinajstić information content (AvgIpc) is 2.68. The van der Waals surface area contributed by atoms with Crippen molar-refractivity contribution in [1.29, 1.82) is 0 Å². The van der Waals surface area contributed by atoms with E-state index in [1.54, 1.807) is 24.3 Å². The van der Waals surface area contributed by atoms with Crippen molar-refractivity contribution < 1.29 is 9.84 Å². The molecule has 0 spiro atoms. The Balaban J connectivity index is 1.97. The van der Waals surface area contributed by atoms with E-state index in [4.69, 9.17) is 4.74 Å². The molecule has 0 atom stereocenters. The van der Waals surface area contributed by atoms with Crippen LogP contribution in [0.3, 0.4) is 0 Å². The third-order valence-corrected chi connectivity index (χ3v) is 4.29. The van der Waals surface area contributed by atoms with Crippen molar-refractivity contribution in [2.45, 2.75) is 0 Å². The van der Waals surface area contributed by atoms with E-state index >= 15 is 0 Å². The van der Waals surface area contributed by atoms with Crippen LogP contribution in [0.2, 0.25) is 0 Å². The van der Waals surface area contributed by atoms with Gasteiger partial charge in [-0.3, -0.25) is 0 Å². The number of ether oxygens (including phenoxy) is 1. The van der Waals surface area contributed by atoms with E-state index in [2.05, 4.69) is 17.3 Å². The van der Waals surface area contributed by atoms with Crippen LogP contribution in [0.15, 0.2) is 78.0 Å². The molecule has 1 aliphatic rings. The maximum atomic E-state index is 10.8. The van der Waals surface area contributed by atoms with Crippen LogP contribution >= 0.6 is 0 Å². The van der Waals surface area contributed by atoms with E-state index in [0.717, 1.165) is 27.8 Å². The summed E-state index contributed by atoms with van der Waals surface area (Å²) >= 11 is 0. The number of phenolic OH excluding ortho intramolecular Hbond substituents is 1. The van der Waals surface area contributed by atoms with Crippen LogP contribution in [0, 0.1) is 4.91 Å². The van der Waals surface area contributed by atoms with Gasteiger partial charge >= 0.3 is 0 Å². The number of nitroso groups, excluding NO2 is 1. The largest absolute Gasteiger partial charge is 0.508 e. The minimum atomic E-state index is 0.226. The molecule has 1 N–H and O–H groups in total. The molecule has 4 heteroatoms. The normalized spacial score (nSPS) is 13.1. The van der Waals surface area contributed by atoms with E-state index < -0.39 is 0 Å². The third-order valence-electron chi connectivity index (χ3n) is 4.29. The maximum Gasteiger partial charge on any atom is 0.129 e. The van der Waals surface area contributed by atoms with Gasteiger partial charge in [0, 0.05) is 17.2 Å². The lowest BCUT2D eigenvalue weighted by Crippen LogP contribution is -2.11. The summed E-state index contributed by atoms with van der Waals surface area (Å²) in [6, 6.07) is 22.4. The number of hydrogen-bond donors (Lipinski definition) is 1. The molecule has 122 valence electrons. The van der Waals surface area contributed by atoms with Gasteiger partial charge in [0.05, 0.1) is 0 Å². The average molecular weight is 329 g/mol. The second-order valence-corrected chi connectivity index (χ2v) is 5.83. The molecule has 0 aliphatic carbocycles. The van der Waals surface area contributed by atoms with Crippen molar-refractivity contribution >= 4 is 16.8 Å². The monoisotopic (exact) mass is 329 g/mol. The van der Waals surface area contributed by atoms with Crippen LogP contribution in [0.4, 0.5) is 5.69 Å². The van der Waals surface area contributed by atoms with Gasteiger partial charge in [-0.25, -0.2) is 0 Å². The van der Waals surface area contributed by atoms with Crippen LogP contribution in [-0.2, 0) is 0 Å². The molecule has 25 heavy (non-hydrogen) atoms. The van der Waals surface area contributed by atoms with Crippen LogP contribution in [-0.4, -0.2) is 11.7 Å². The first kappa shape index (κ1) is 15.1. The Bertz CT molecular complexity index is 960. The first-order chi connectivity index (χ1) is 12.3. The molecular formula is C21H15NO3. The van der Waals surface area contributed by atoms with Crippen molar-refractivity contribution in [1.82, 2.24) is 0 Å². The van der Waals surface area contributed by atoms with Gasteiger partial charge in [-0.15, -0.1) is 4.91 Å². The van der Waals surface area contributed by atoms with Gasteiger partial charge < -0.3 is 9.84 Å². The minimum absolute atomic E-state index is 0.226. The quantitative estimate of drug-likeness (QED) is 0.677. The fourth-order valence-electron chi connectivity index (χ4n) is 3.10. The molecule has 4 rings (SSSR count). The Hall–Kier alpha value is -3.40. The zero-order valence-corrected chi connectivity index (χ0v) is 13.3. The highest BCUT2D eigenvalue weighted by Crippen LogP contribution is 2.42. The number of nitrogens with zero attached hydrogens (tertiary/aromatic N) is 1. The summed E-state index contributed by atoms with van der Waals surface area (Å²) in [5.41, 5.74) is 5.42. The molecule has 3 aromatic carbocycles. The van der Waals surface area contributed by atoms with E-state index in [1.807, 2.05) is 36.4 Å². The summed E-state index contributed by atoms with van der Waals surface area (Å²) in [5, 5.41) is 12.6. The molecule has 0 bridgehead atoms. The van der Waals surface area contributed by atoms with Gasteiger partial charge in [0.2, 0.25) is 0 Å². The molecular weight excluding hydrogens is 314 g/mol. The highest BCUT2D eigenvalue weighted by molar-refractivity contribution is 6.01. The SMILES string of the molecule is O=Nc1ccc2c(c1)OCC(c1ccc(O)cc1)=C2c1ccccc1. The van der Waals surface area contributed by atoms with Crippen molar-refractivity contribution in [2.75, 3.05) is 6.61 Å². The third kappa shape index (κ3) is 2.78. The molecule has 0 unspecified atom stereocenters. The lowest BCUT2D eigenvalue weighted by molar-refractivity contribution is 0.365. The Morgan fingerprint density at radius 1 is 0.880 bits per heavy atom. The maximum absolute atomic E-state index is 10.8. The first-order valence-corrected chi connectivity index (χ1v) is 7.95. The van der Waals surface area contributed by atoms with Gasteiger partial charge in [0.25, 0.3) is 0 Å². The minimum Gasteiger partial charge on any atom is -0.508 e. The number of benzene rings is 3. The second-order valence-electron chi connectivity index (χ2n) is 5.83. The van der Waals surface area contributed by atoms with Crippen molar-refractivity contribution in [2.24, 2.45) is 5.18 Å². The number of phenols is 1. The summed E-state index contributed by atoms with van der Waals surface area (Å²) in [6.07, 6.45) is 0. The molecule has 1 heterocycles. The Morgan fingerprint density at radius 3 is 2.36 bits per heavy atom. The van der Waals surface area contributed by atoms with Gasteiger partial charge in [-0.1, -0.05) is 42.5 Å². The standard InChI is InChI=1S/C21H15NO3/c23-17-9-6-14(7-10-17)19-13-25-20-12-16(22-24)8-11-18(20)21(19)15-4-2-1-3-5-15/h1-12,23H,13H2. The predicted octanol–water partition coefficient (Wildman–Crippen LogP) is 5.14. The van der Waals surface area contributed by atoms with Crippen molar-refractivity contribution in [3.63, 3.8) is 0 Å². The Morgan fingerprint density at radius 2 is 1.64 bits per heavy atom. The van der Waals surface area contributed by atoms with E-state index in [9.17, 15) is 10.0 Å². The van der Waals surface area contributed by atoms with Crippen molar-refractivity contribution in [3.8, 4) is 11.5 Å². The lowest BCUT2D eigenvalue weighted by atomic mass is 9.87. The second kappa shape index (κ2) is 6.24.